The zero-order chi connectivity index (χ0) is 13.2. The van der Waals surface area contributed by atoms with E-state index < -0.39 is 0 Å². The first-order chi connectivity index (χ1) is 9.26. The molecule has 2 fully saturated rings. The standard InChI is InChI=1S/C14H24N4O/c1-3-15-14-16-11(2)7-18(14)9-13-8-17-6-4-5-12(17)10-19-13/h7,12-13H,3-6,8-10H2,1-2H3,(H,15,16). The summed E-state index contributed by atoms with van der Waals surface area (Å²) in [4.78, 5) is 7.10. The van der Waals surface area contributed by atoms with Gasteiger partial charge < -0.3 is 14.6 Å². The minimum absolute atomic E-state index is 0.292. The molecule has 1 N–H and O–H groups in total. The molecule has 5 heteroatoms. The summed E-state index contributed by atoms with van der Waals surface area (Å²) in [6.45, 7) is 9.13. The van der Waals surface area contributed by atoms with Crippen LogP contribution >= 0.6 is 0 Å². The Labute approximate surface area is 114 Å². The Morgan fingerprint density at radius 2 is 2.42 bits per heavy atom. The molecule has 0 radical (unpaired) electrons. The van der Waals surface area contributed by atoms with E-state index in [9.17, 15) is 0 Å². The Hall–Kier alpha value is -1.07. The van der Waals surface area contributed by atoms with Gasteiger partial charge in [-0.05, 0) is 33.2 Å². The van der Waals surface area contributed by atoms with Crippen LogP contribution in [0, 0.1) is 6.92 Å². The highest BCUT2D eigenvalue weighted by atomic mass is 16.5. The van der Waals surface area contributed by atoms with E-state index in [1.54, 1.807) is 0 Å². The summed E-state index contributed by atoms with van der Waals surface area (Å²) in [7, 11) is 0. The summed E-state index contributed by atoms with van der Waals surface area (Å²) in [5.41, 5.74) is 1.06. The number of nitrogens with one attached hydrogen (secondary N) is 1. The van der Waals surface area contributed by atoms with Crippen molar-refractivity contribution >= 4 is 5.95 Å². The van der Waals surface area contributed by atoms with Gasteiger partial charge in [0.05, 0.1) is 24.9 Å². The number of fused-ring (bicyclic) bond motifs is 1. The molecule has 0 saturated carbocycles. The summed E-state index contributed by atoms with van der Waals surface area (Å²) in [5, 5.41) is 3.32. The number of hydrogen-bond acceptors (Lipinski definition) is 4. The number of ether oxygens (including phenoxy) is 1. The van der Waals surface area contributed by atoms with Crippen molar-refractivity contribution in [3.05, 3.63) is 11.9 Å². The summed E-state index contributed by atoms with van der Waals surface area (Å²) in [5.74, 6) is 0.965. The van der Waals surface area contributed by atoms with E-state index in [0.717, 1.165) is 37.9 Å². The Bertz CT molecular complexity index is 431. The second-order valence-electron chi connectivity index (χ2n) is 5.63. The predicted octanol–water partition coefficient (Wildman–Crippen LogP) is 1.49. The lowest BCUT2D eigenvalue weighted by atomic mass is 10.2. The van der Waals surface area contributed by atoms with Gasteiger partial charge in [-0.2, -0.15) is 0 Å². The maximum absolute atomic E-state index is 6.02. The minimum atomic E-state index is 0.292. The zero-order valence-corrected chi connectivity index (χ0v) is 11.9. The van der Waals surface area contributed by atoms with Crippen molar-refractivity contribution in [1.29, 1.82) is 0 Å². The fourth-order valence-electron chi connectivity index (χ4n) is 3.20. The smallest absolute Gasteiger partial charge is 0.203 e. The van der Waals surface area contributed by atoms with Gasteiger partial charge in [0.15, 0.2) is 0 Å². The molecule has 2 aliphatic rings. The third-order valence-electron chi connectivity index (χ3n) is 4.09. The number of aromatic nitrogens is 2. The largest absolute Gasteiger partial charge is 0.373 e. The Morgan fingerprint density at radius 1 is 1.53 bits per heavy atom. The molecule has 0 amide bonds. The average molecular weight is 264 g/mol. The molecule has 0 spiro atoms. The lowest BCUT2D eigenvalue weighted by Gasteiger charge is -2.35. The zero-order valence-electron chi connectivity index (χ0n) is 11.9. The third kappa shape index (κ3) is 2.77. The molecule has 2 atom stereocenters. The van der Waals surface area contributed by atoms with Gasteiger partial charge in [0.25, 0.3) is 0 Å². The van der Waals surface area contributed by atoms with Crippen molar-refractivity contribution < 1.29 is 4.74 Å². The average Bonchev–Trinajstić information content (AvgIpc) is 2.97. The molecule has 0 aliphatic carbocycles. The molecular formula is C14H24N4O. The molecule has 1 aromatic rings. The van der Waals surface area contributed by atoms with Crippen molar-refractivity contribution in [2.24, 2.45) is 0 Å². The number of imidazole rings is 1. The van der Waals surface area contributed by atoms with E-state index in [-0.39, 0.29) is 0 Å². The number of hydrogen-bond donors (Lipinski definition) is 1. The highest BCUT2D eigenvalue weighted by Gasteiger charge is 2.32. The molecule has 19 heavy (non-hydrogen) atoms. The van der Waals surface area contributed by atoms with Gasteiger partial charge in [-0.3, -0.25) is 4.90 Å². The monoisotopic (exact) mass is 264 g/mol. The van der Waals surface area contributed by atoms with Crippen molar-refractivity contribution in [3.63, 3.8) is 0 Å². The Kier molecular flexibility index (Phi) is 3.75. The molecule has 0 bridgehead atoms. The second-order valence-corrected chi connectivity index (χ2v) is 5.63. The van der Waals surface area contributed by atoms with Crippen LogP contribution < -0.4 is 5.32 Å². The van der Waals surface area contributed by atoms with Crippen molar-refractivity contribution in [1.82, 2.24) is 14.5 Å². The number of aryl methyl sites for hydroxylation is 1. The number of anilines is 1. The molecule has 1 aromatic heterocycles. The molecule has 0 aromatic carbocycles. The normalized spacial score (nSPS) is 27.5. The number of morpholine rings is 1. The Morgan fingerprint density at radius 3 is 3.26 bits per heavy atom. The highest BCUT2D eigenvalue weighted by molar-refractivity contribution is 5.28. The van der Waals surface area contributed by atoms with Crippen molar-refractivity contribution in [2.45, 2.75) is 45.4 Å². The van der Waals surface area contributed by atoms with E-state index in [2.05, 4.69) is 32.9 Å². The molecule has 2 unspecified atom stereocenters. The molecular weight excluding hydrogens is 240 g/mol. The van der Waals surface area contributed by atoms with Crippen LogP contribution in [0.4, 0.5) is 5.95 Å². The highest BCUT2D eigenvalue weighted by Crippen LogP contribution is 2.23. The SMILES string of the molecule is CCNc1nc(C)cn1CC1CN2CCCC2CO1. The first kappa shape index (κ1) is 12.9. The van der Waals surface area contributed by atoms with Crippen LogP contribution in [0.5, 0.6) is 0 Å². The van der Waals surface area contributed by atoms with Crippen molar-refractivity contribution in [2.75, 3.05) is 31.6 Å². The maximum Gasteiger partial charge on any atom is 0.203 e. The fraction of sp³-hybridized carbons (Fsp3) is 0.786. The van der Waals surface area contributed by atoms with Gasteiger partial charge in [0, 0.05) is 25.3 Å². The number of nitrogens with zero attached hydrogens (tertiary/aromatic N) is 3. The molecule has 2 saturated heterocycles. The predicted molar refractivity (Wildman–Crippen MR) is 75.5 cm³/mol. The van der Waals surface area contributed by atoms with E-state index >= 15 is 0 Å². The van der Waals surface area contributed by atoms with Crippen LogP contribution in [-0.4, -0.2) is 52.8 Å². The summed E-state index contributed by atoms with van der Waals surface area (Å²) >= 11 is 0. The fourth-order valence-corrected chi connectivity index (χ4v) is 3.20. The van der Waals surface area contributed by atoms with E-state index in [1.807, 2.05) is 6.92 Å². The Balaban J connectivity index is 1.64. The summed E-state index contributed by atoms with van der Waals surface area (Å²) < 4.78 is 8.21. The minimum Gasteiger partial charge on any atom is -0.373 e. The first-order valence-electron chi connectivity index (χ1n) is 7.39. The molecule has 106 valence electrons. The molecule has 3 rings (SSSR count). The third-order valence-corrected chi connectivity index (χ3v) is 4.09. The van der Waals surface area contributed by atoms with Gasteiger partial charge in [-0.15, -0.1) is 0 Å². The maximum atomic E-state index is 6.02. The van der Waals surface area contributed by atoms with Crippen LogP contribution in [0.2, 0.25) is 0 Å². The number of rotatable bonds is 4. The lowest BCUT2D eigenvalue weighted by molar-refractivity contribution is -0.0549. The van der Waals surface area contributed by atoms with Crippen LogP contribution in [0.1, 0.15) is 25.5 Å². The summed E-state index contributed by atoms with van der Waals surface area (Å²) in [6, 6.07) is 0.675. The van der Waals surface area contributed by atoms with Crippen LogP contribution in [0.25, 0.3) is 0 Å². The van der Waals surface area contributed by atoms with Gasteiger partial charge >= 0.3 is 0 Å². The van der Waals surface area contributed by atoms with Crippen LogP contribution in [-0.2, 0) is 11.3 Å². The topological polar surface area (TPSA) is 42.3 Å². The van der Waals surface area contributed by atoms with Crippen molar-refractivity contribution in [3.8, 4) is 0 Å². The quantitative estimate of drug-likeness (QED) is 0.894. The van der Waals surface area contributed by atoms with Gasteiger partial charge in [0.1, 0.15) is 0 Å². The van der Waals surface area contributed by atoms with Gasteiger partial charge in [-0.1, -0.05) is 0 Å². The summed E-state index contributed by atoms with van der Waals surface area (Å²) in [6.07, 6.45) is 5.03. The molecule has 5 nitrogen and oxygen atoms in total. The van der Waals surface area contributed by atoms with E-state index in [0.29, 0.717) is 12.1 Å². The van der Waals surface area contributed by atoms with E-state index in [4.69, 9.17) is 4.74 Å². The van der Waals surface area contributed by atoms with Crippen LogP contribution in [0.3, 0.4) is 0 Å². The molecule has 3 heterocycles. The first-order valence-corrected chi connectivity index (χ1v) is 7.39. The van der Waals surface area contributed by atoms with Gasteiger partial charge in [0.2, 0.25) is 5.95 Å². The van der Waals surface area contributed by atoms with Gasteiger partial charge in [-0.25, -0.2) is 4.98 Å². The second kappa shape index (κ2) is 5.51. The van der Waals surface area contributed by atoms with E-state index in [1.165, 1.54) is 19.4 Å². The molecule has 2 aliphatic heterocycles. The lowest BCUT2D eigenvalue weighted by Crippen LogP contribution is -2.47. The van der Waals surface area contributed by atoms with Crippen LogP contribution in [0.15, 0.2) is 6.20 Å².